The van der Waals surface area contributed by atoms with Crippen molar-refractivity contribution >= 4 is 11.9 Å². The summed E-state index contributed by atoms with van der Waals surface area (Å²) in [5.41, 5.74) is 0.975. The van der Waals surface area contributed by atoms with Gasteiger partial charge in [0.2, 0.25) is 5.91 Å². The molecule has 1 N–H and O–H groups in total. The Hall–Kier alpha value is -2.24. The Morgan fingerprint density at radius 2 is 1.75 bits per heavy atom. The minimum atomic E-state index is -0.0266. The van der Waals surface area contributed by atoms with Crippen LogP contribution in [0.2, 0.25) is 0 Å². The normalized spacial score (nSPS) is 14.9. The van der Waals surface area contributed by atoms with Gasteiger partial charge < -0.3 is 19.9 Å². The Morgan fingerprint density at radius 3 is 2.42 bits per heavy atom. The first-order valence-electron chi connectivity index (χ1n) is 8.57. The Labute approximate surface area is 143 Å². The van der Waals surface area contributed by atoms with Crippen molar-refractivity contribution in [2.75, 3.05) is 39.8 Å². The highest BCUT2D eigenvalue weighted by molar-refractivity contribution is 5.79. The number of nitrogens with zero attached hydrogens (tertiary/aromatic N) is 2. The maximum Gasteiger partial charge on any atom is 0.317 e. The summed E-state index contributed by atoms with van der Waals surface area (Å²) in [4.78, 5) is 28.2. The van der Waals surface area contributed by atoms with Gasteiger partial charge in [-0.15, -0.1) is 0 Å². The van der Waals surface area contributed by atoms with Gasteiger partial charge in [0, 0.05) is 32.7 Å². The number of amides is 3. The minimum Gasteiger partial charge on any atom is -0.497 e. The molecule has 2 rings (SSSR count). The van der Waals surface area contributed by atoms with Crippen molar-refractivity contribution in [2.24, 2.45) is 0 Å². The topological polar surface area (TPSA) is 61.9 Å². The van der Waals surface area contributed by atoms with Crippen LogP contribution in [-0.2, 0) is 11.2 Å². The summed E-state index contributed by atoms with van der Waals surface area (Å²) in [6.45, 7) is 5.30. The molecule has 1 aliphatic rings. The van der Waals surface area contributed by atoms with E-state index in [9.17, 15) is 9.59 Å². The third-order valence-electron chi connectivity index (χ3n) is 4.18. The molecule has 24 heavy (non-hydrogen) atoms. The number of rotatable bonds is 5. The highest BCUT2D eigenvalue weighted by Crippen LogP contribution is 2.13. The molecule has 6 nitrogen and oxygen atoms in total. The number of hydrogen-bond donors (Lipinski definition) is 1. The first-order valence-corrected chi connectivity index (χ1v) is 8.57. The molecule has 1 saturated heterocycles. The van der Waals surface area contributed by atoms with Crippen molar-refractivity contribution in [3.8, 4) is 5.75 Å². The number of nitrogens with one attached hydrogen (secondary N) is 1. The van der Waals surface area contributed by atoms with Gasteiger partial charge in [0.25, 0.3) is 0 Å². The summed E-state index contributed by atoms with van der Waals surface area (Å²) < 4.78 is 5.13. The van der Waals surface area contributed by atoms with Crippen LogP contribution in [0.4, 0.5) is 4.79 Å². The van der Waals surface area contributed by atoms with Gasteiger partial charge in [-0.1, -0.05) is 19.1 Å². The molecule has 0 bridgehead atoms. The molecule has 132 valence electrons. The molecule has 3 amide bonds. The van der Waals surface area contributed by atoms with Crippen LogP contribution < -0.4 is 10.1 Å². The van der Waals surface area contributed by atoms with Crippen LogP contribution in [0.15, 0.2) is 24.3 Å². The number of ether oxygens (including phenoxy) is 1. The molecule has 1 aliphatic heterocycles. The van der Waals surface area contributed by atoms with E-state index in [0.717, 1.165) is 24.2 Å². The van der Waals surface area contributed by atoms with Gasteiger partial charge in [-0.25, -0.2) is 4.79 Å². The number of methoxy groups -OCH3 is 1. The minimum absolute atomic E-state index is 0.0266. The van der Waals surface area contributed by atoms with Gasteiger partial charge in [0.1, 0.15) is 5.75 Å². The predicted molar refractivity (Wildman–Crippen MR) is 93.2 cm³/mol. The van der Waals surface area contributed by atoms with Gasteiger partial charge in [0.05, 0.1) is 13.5 Å². The smallest absolute Gasteiger partial charge is 0.317 e. The molecule has 1 aromatic carbocycles. The Kier molecular flexibility index (Phi) is 6.90. The highest BCUT2D eigenvalue weighted by atomic mass is 16.5. The summed E-state index contributed by atoms with van der Waals surface area (Å²) in [5.74, 6) is 0.894. The third kappa shape index (κ3) is 5.15. The second-order valence-electron chi connectivity index (χ2n) is 5.98. The van der Waals surface area contributed by atoms with E-state index < -0.39 is 0 Å². The van der Waals surface area contributed by atoms with Crippen molar-refractivity contribution in [3.05, 3.63) is 29.8 Å². The summed E-state index contributed by atoms with van der Waals surface area (Å²) in [5, 5.41) is 2.90. The predicted octanol–water partition coefficient (Wildman–Crippen LogP) is 1.89. The summed E-state index contributed by atoms with van der Waals surface area (Å²) >= 11 is 0. The summed E-state index contributed by atoms with van der Waals surface area (Å²) in [6, 6.07) is 7.54. The second kappa shape index (κ2) is 9.15. The zero-order chi connectivity index (χ0) is 17.4. The van der Waals surface area contributed by atoms with Crippen molar-refractivity contribution in [1.82, 2.24) is 15.1 Å². The molecule has 0 saturated carbocycles. The molecule has 0 radical (unpaired) electrons. The van der Waals surface area contributed by atoms with Crippen LogP contribution in [0.1, 0.15) is 25.3 Å². The first kappa shape index (κ1) is 18.1. The molecular formula is C18H27N3O3. The summed E-state index contributed by atoms with van der Waals surface area (Å²) in [7, 11) is 1.62. The van der Waals surface area contributed by atoms with Crippen LogP contribution in [0.3, 0.4) is 0 Å². The van der Waals surface area contributed by atoms with Crippen LogP contribution in [0.5, 0.6) is 5.75 Å². The van der Waals surface area contributed by atoms with Gasteiger partial charge in [0.15, 0.2) is 0 Å². The maximum atomic E-state index is 12.5. The number of hydrogen-bond acceptors (Lipinski definition) is 3. The molecular weight excluding hydrogens is 306 g/mol. The lowest BCUT2D eigenvalue weighted by molar-refractivity contribution is -0.130. The average Bonchev–Trinajstić information content (AvgIpc) is 2.86. The molecule has 0 spiro atoms. The molecule has 1 fully saturated rings. The highest BCUT2D eigenvalue weighted by Gasteiger charge is 2.21. The quantitative estimate of drug-likeness (QED) is 0.895. The van der Waals surface area contributed by atoms with E-state index in [2.05, 4.69) is 5.32 Å². The van der Waals surface area contributed by atoms with E-state index in [-0.39, 0.29) is 11.9 Å². The van der Waals surface area contributed by atoms with Crippen LogP contribution in [0, 0.1) is 0 Å². The second-order valence-corrected chi connectivity index (χ2v) is 5.98. The fourth-order valence-electron chi connectivity index (χ4n) is 2.74. The fourth-order valence-corrected chi connectivity index (χ4v) is 2.74. The zero-order valence-corrected chi connectivity index (χ0v) is 14.6. The molecule has 1 heterocycles. The lowest BCUT2D eigenvalue weighted by Gasteiger charge is -2.22. The largest absolute Gasteiger partial charge is 0.497 e. The number of carbonyl (C=O) groups is 2. The van der Waals surface area contributed by atoms with Crippen molar-refractivity contribution in [1.29, 1.82) is 0 Å². The number of benzene rings is 1. The average molecular weight is 333 g/mol. The van der Waals surface area contributed by atoms with E-state index in [1.54, 1.807) is 12.0 Å². The van der Waals surface area contributed by atoms with E-state index in [0.29, 0.717) is 39.1 Å². The van der Waals surface area contributed by atoms with E-state index >= 15 is 0 Å². The molecule has 0 aromatic heterocycles. The van der Waals surface area contributed by atoms with Crippen LogP contribution in [0.25, 0.3) is 0 Å². The number of carbonyl (C=O) groups excluding carboxylic acids is 2. The Bertz CT molecular complexity index is 545. The Balaban J connectivity index is 1.85. The first-order chi connectivity index (χ1) is 11.6. The maximum absolute atomic E-state index is 12.5. The SMILES string of the molecule is CCCNC(=O)N1CCCN(C(=O)Cc2ccc(OC)cc2)CC1. The van der Waals surface area contributed by atoms with Gasteiger partial charge in [-0.2, -0.15) is 0 Å². The van der Waals surface area contributed by atoms with Gasteiger partial charge in [-0.3, -0.25) is 4.79 Å². The molecule has 0 atom stereocenters. The molecule has 6 heteroatoms. The van der Waals surface area contributed by atoms with E-state index in [1.165, 1.54) is 0 Å². The van der Waals surface area contributed by atoms with Crippen LogP contribution >= 0.6 is 0 Å². The number of urea groups is 1. The third-order valence-corrected chi connectivity index (χ3v) is 4.18. The molecule has 1 aromatic rings. The van der Waals surface area contributed by atoms with Crippen molar-refractivity contribution in [3.63, 3.8) is 0 Å². The van der Waals surface area contributed by atoms with Gasteiger partial charge >= 0.3 is 6.03 Å². The standard InChI is InChI=1S/C18H27N3O3/c1-3-9-19-18(23)21-11-4-10-20(12-13-21)17(22)14-15-5-7-16(24-2)8-6-15/h5-8H,3-4,9-14H2,1-2H3,(H,19,23). The summed E-state index contributed by atoms with van der Waals surface area (Å²) in [6.07, 6.45) is 2.12. The van der Waals surface area contributed by atoms with Crippen molar-refractivity contribution < 1.29 is 14.3 Å². The zero-order valence-electron chi connectivity index (χ0n) is 14.6. The monoisotopic (exact) mass is 333 g/mol. The van der Waals surface area contributed by atoms with Crippen molar-refractivity contribution in [2.45, 2.75) is 26.2 Å². The lowest BCUT2D eigenvalue weighted by atomic mass is 10.1. The van der Waals surface area contributed by atoms with Crippen LogP contribution in [-0.4, -0.2) is 61.6 Å². The van der Waals surface area contributed by atoms with E-state index in [1.807, 2.05) is 36.1 Å². The lowest BCUT2D eigenvalue weighted by Crippen LogP contribution is -2.43. The molecule has 0 unspecified atom stereocenters. The Morgan fingerprint density at radius 1 is 1.08 bits per heavy atom. The molecule has 0 aliphatic carbocycles. The van der Waals surface area contributed by atoms with E-state index in [4.69, 9.17) is 4.74 Å². The van der Waals surface area contributed by atoms with Gasteiger partial charge in [-0.05, 0) is 30.5 Å². The fraction of sp³-hybridized carbons (Fsp3) is 0.556.